The first-order chi connectivity index (χ1) is 4.60. The molecule has 71 valence electrons. The van der Waals surface area contributed by atoms with Crippen molar-refractivity contribution in [2.45, 2.75) is 16.9 Å². The van der Waals surface area contributed by atoms with Crippen molar-refractivity contribution >= 4 is 47.8 Å². The predicted octanol–water partition coefficient (Wildman–Crippen LogP) is 1.87. The molecule has 0 N–H and O–H groups in total. The van der Waals surface area contributed by atoms with E-state index < -0.39 is 13.8 Å². The molecule has 1 heterocycles. The van der Waals surface area contributed by atoms with Crippen LogP contribution in [0, 0.1) is 0 Å². The van der Waals surface area contributed by atoms with E-state index in [9.17, 15) is 0 Å². The van der Waals surface area contributed by atoms with E-state index in [2.05, 4.69) is 28.7 Å². The summed E-state index contributed by atoms with van der Waals surface area (Å²) in [6, 6.07) is 0. The third-order valence-corrected chi connectivity index (χ3v) is 65.3. The van der Waals surface area contributed by atoms with Crippen LogP contribution in [0.1, 0.15) is 6.42 Å². The molecule has 2 rings (SSSR count). The van der Waals surface area contributed by atoms with Gasteiger partial charge in [-0.05, 0) is 0 Å². The molecule has 0 radical (unpaired) electrons. The molecular weight excluding hydrogens is 348 g/mol. The SMILES string of the molecule is Br.Br.[CH3][Ti]1([CH3])([C]2=CC=CC2)[SiH2][SiH2]1. The van der Waals surface area contributed by atoms with Gasteiger partial charge >= 0.3 is 66.6 Å². The van der Waals surface area contributed by atoms with Crippen LogP contribution in [0.2, 0.25) is 10.5 Å². The van der Waals surface area contributed by atoms with E-state index in [1.165, 1.54) is 6.42 Å². The fraction of sp³-hybridized carbons (Fsp3) is 0.429. The Bertz CT molecular complexity index is 240. The van der Waals surface area contributed by atoms with E-state index in [4.69, 9.17) is 0 Å². The van der Waals surface area contributed by atoms with Crippen molar-refractivity contribution in [2.24, 2.45) is 0 Å². The molecule has 1 saturated heterocycles. The van der Waals surface area contributed by atoms with Crippen LogP contribution in [0.15, 0.2) is 22.1 Å². The van der Waals surface area contributed by atoms with E-state index in [1.54, 1.807) is 0 Å². The summed E-state index contributed by atoms with van der Waals surface area (Å²) in [5.41, 5.74) is 0. The number of hydrogen-bond acceptors (Lipinski definition) is 0. The average Bonchev–Trinajstić information content (AvgIpc) is 2.35. The van der Waals surface area contributed by atoms with Crippen LogP contribution in [0.5, 0.6) is 0 Å². The Morgan fingerprint density at radius 2 is 1.83 bits per heavy atom. The van der Waals surface area contributed by atoms with E-state index in [-0.39, 0.29) is 34.0 Å². The van der Waals surface area contributed by atoms with Gasteiger partial charge in [-0.3, -0.25) is 0 Å². The fourth-order valence-corrected chi connectivity index (χ4v) is 65.3. The van der Waals surface area contributed by atoms with Crippen LogP contribution >= 0.6 is 34.0 Å². The second-order valence-corrected chi connectivity index (χ2v) is 56.1. The first kappa shape index (κ1) is 13.6. The molecule has 1 aliphatic carbocycles. The van der Waals surface area contributed by atoms with Gasteiger partial charge in [0.2, 0.25) is 0 Å². The zero-order chi connectivity index (χ0) is 7.27. The van der Waals surface area contributed by atoms with Gasteiger partial charge in [0.05, 0.1) is 0 Å². The van der Waals surface area contributed by atoms with Crippen molar-refractivity contribution in [1.29, 1.82) is 0 Å². The van der Waals surface area contributed by atoms with Crippen molar-refractivity contribution in [3.63, 3.8) is 0 Å². The second-order valence-electron chi connectivity index (χ2n) is 4.84. The maximum absolute atomic E-state index is 2.70. The van der Waals surface area contributed by atoms with Crippen LogP contribution in [0.3, 0.4) is 0 Å². The van der Waals surface area contributed by atoms with Crippen molar-refractivity contribution < 1.29 is 13.8 Å². The first-order valence-corrected chi connectivity index (χ1v) is 20.1. The fourth-order valence-electron chi connectivity index (χ4n) is 1.71. The molecule has 0 nitrogen and oxygen atoms in total. The predicted molar refractivity (Wildman–Crippen MR) is 71.3 cm³/mol. The van der Waals surface area contributed by atoms with Crippen LogP contribution in [-0.4, -0.2) is 13.8 Å². The summed E-state index contributed by atoms with van der Waals surface area (Å²) in [6.45, 7) is 1.16. The zero-order valence-corrected chi connectivity index (χ0v) is 15.5. The molecule has 0 aromatic heterocycles. The molecule has 0 unspecified atom stereocenters. The molecule has 0 bridgehead atoms. The van der Waals surface area contributed by atoms with Crippen molar-refractivity contribution in [3.8, 4) is 0 Å². The van der Waals surface area contributed by atoms with Crippen LogP contribution < -0.4 is 0 Å². The Morgan fingerprint density at radius 1 is 1.25 bits per heavy atom. The van der Waals surface area contributed by atoms with Crippen LogP contribution in [0.25, 0.3) is 0 Å². The topological polar surface area (TPSA) is 0 Å². The van der Waals surface area contributed by atoms with Gasteiger partial charge in [-0.15, -0.1) is 34.0 Å². The monoisotopic (exact) mass is 363 g/mol. The minimum absolute atomic E-state index is 0. The molecule has 0 aromatic rings. The molecule has 1 aliphatic heterocycles. The molecule has 0 aromatic carbocycles. The summed E-state index contributed by atoms with van der Waals surface area (Å²) >= 11 is -1.49. The zero-order valence-electron chi connectivity index (χ0n) is 7.67. The second kappa shape index (κ2) is 3.99. The quantitative estimate of drug-likeness (QED) is 0.623. The summed E-state index contributed by atoms with van der Waals surface area (Å²) in [5.74, 6) is 0. The Hall–Kier alpha value is 1.59. The molecular formula is C7H17Br2Si2Ti. The number of hydrogen-bond donors (Lipinski definition) is 0. The third-order valence-electron chi connectivity index (χ3n) is 3.37. The van der Waals surface area contributed by atoms with Gasteiger partial charge in [0.1, 0.15) is 0 Å². The van der Waals surface area contributed by atoms with Gasteiger partial charge in [0.25, 0.3) is 0 Å². The van der Waals surface area contributed by atoms with Crippen molar-refractivity contribution in [2.75, 3.05) is 0 Å². The van der Waals surface area contributed by atoms with Gasteiger partial charge in [0, 0.05) is 0 Å². The molecule has 0 atom stereocenters. The van der Waals surface area contributed by atoms with Gasteiger partial charge in [-0.2, -0.15) is 0 Å². The Kier molecular flexibility index (Phi) is 4.52. The number of allylic oxidation sites excluding steroid dienone is 4. The summed E-state index contributed by atoms with van der Waals surface area (Å²) in [6.07, 6.45) is 8.42. The van der Waals surface area contributed by atoms with E-state index in [0.717, 1.165) is 0 Å². The van der Waals surface area contributed by atoms with Crippen molar-refractivity contribution in [3.05, 3.63) is 22.1 Å². The van der Waals surface area contributed by atoms with E-state index in [1.807, 2.05) is 3.88 Å². The number of rotatable bonds is 1. The summed E-state index contributed by atoms with van der Waals surface area (Å²) in [4.78, 5) is 0. The van der Waals surface area contributed by atoms with Gasteiger partial charge in [0.15, 0.2) is 0 Å². The summed E-state index contributed by atoms with van der Waals surface area (Å²) in [5, 5.41) is 5.41. The number of halogens is 2. The van der Waals surface area contributed by atoms with E-state index in [0.29, 0.717) is 13.8 Å². The molecule has 12 heavy (non-hydrogen) atoms. The summed E-state index contributed by atoms with van der Waals surface area (Å²) in [7, 11) is 0. The average molecular weight is 365 g/mol. The standard InChI is InChI=1S/C5H5.2CH3.2BrH.H4Si2.Ti/c1-2-4-5-3-1;;;;;1-2;/h1-3H,4H2;2*1H3;2*1H;1-2H2;. The summed E-state index contributed by atoms with van der Waals surface area (Å²) < 4.78 is 1.95. The third kappa shape index (κ3) is 2.33. The van der Waals surface area contributed by atoms with Crippen molar-refractivity contribution in [1.82, 2.24) is 0 Å². The van der Waals surface area contributed by atoms with Gasteiger partial charge < -0.3 is 0 Å². The minimum atomic E-state index is -1.49. The Labute approximate surface area is 99.5 Å². The van der Waals surface area contributed by atoms with Crippen LogP contribution in [-0.2, 0) is 13.8 Å². The van der Waals surface area contributed by atoms with Gasteiger partial charge in [-0.25, -0.2) is 0 Å². The first-order valence-electron chi connectivity index (χ1n) is 4.17. The molecule has 2 aliphatic rings. The molecule has 0 amide bonds. The normalized spacial score (nSPS) is 34.2. The molecule has 1 fully saturated rings. The molecule has 0 saturated carbocycles. The Morgan fingerprint density at radius 3 is 2.17 bits per heavy atom. The molecule has 0 spiro atoms. The van der Waals surface area contributed by atoms with Crippen LogP contribution in [0.4, 0.5) is 0 Å². The Balaban J connectivity index is 0.000000605. The van der Waals surface area contributed by atoms with Gasteiger partial charge in [-0.1, -0.05) is 0 Å². The maximum atomic E-state index is 2.70. The molecule has 5 heteroatoms. The van der Waals surface area contributed by atoms with E-state index >= 15 is 0 Å².